The van der Waals surface area contributed by atoms with Gasteiger partial charge in [-0.25, -0.2) is 18.7 Å². The number of nitrogens with zero attached hydrogens (tertiary/aromatic N) is 4. The van der Waals surface area contributed by atoms with Crippen LogP contribution in [-0.2, 0) is 28.1 Å². The van der Waals surface area contributed by atoms with E-state index in [0.717, 1.165) is 0 Å². The van der Waals surface area contributed by atoms with Crippen molar-refractivity contribution >= 4 is 38.1 Å². The molecular formula is C22H40Cl2N6O6P2. The first kappa shape index (κ1) is 30.8. The first-order valence-corrected chi connectivity index (χ1v) is 17.2. The highest BCUT2D eigenvalue weighted by Gasteiger charge is 2.43. The van der Waals surface area contributed by atoms with Crippen molar-refractivity contribution in [3.05, 3.63) is 21.9 Å². The van der Waals surface area contributed by atoms with E-state index in [1.54, 1.807) is 12.4 Å². The molecule has 12 nitrogen and oxygen atoms in total. The lowest BCUT2D eigenvalue weighted by atomic mass is 10.5. The molecule has 0 radical (unpaired) electrons. The van der Waals surface area contributed by atoms with E-state index in [0.29, 0.717) is 128 Å². The SMILES string of the molecule is O=P(/C(Cl)=C/NCCN/C=C(/Cl)P(=O)(N1CCOCC1)N1CCOCC1)(N1CCOCC1)N1CCOCC1. The lowest BCUT2D eigenvalue weighted by molar-refractivity contribution is 0.0535. The summed E-state index contributed by atoms with van der Waals surface area (Å²) in [5.41, 5.74) is 0. The van der Waals surface area contributed by atoms with Crippen molar-refractivity contribution in [1.29, 1.82) is 0 Å². The minimum Gasteiger partial charge on any atom is -0.388 e. The second-order valence-electron chi connectivity index (χ2n) is 9.19. The van der Waals surface area contributed by atoms with Gasteiger partial charge < -0.3 is 29.6 Å². The largest absolute Gasteiger partial charge is 0.388 e. The molecule has 218 valence electrons. The van der Waals surface area contributed by atoms with Gasteiger partial charge in [-0.1, -0.05) is 23.2 Å². The molecule has 0 bridgehead atoms. The maximum atomic E-state index is 14.2. The number of rotatable bonds is 11. The smallest absolute Gasteiger partial charge is 0.258 e. The number of morpholine rings is 4. The van der Waals surface area contributed by atoms with E-state index in [1.807, 2.05) is 18.7 Å². The van der Waals surface area contributed by atoms with Crippen LogP contribution in [0.5, 0.6) is 0 Å². The Bertz CT molecular complexity index is 791. The predicted molar refractivity (Wildman–Crippen MR) is 149 cm³/mol. The Morgan fingerprint density at radius 1 is 0.553 bits per heavy atom. The molecule has 0 spiro atoms. The van der Waals surface area contributed by atoms with Crippen LogP contribution in [0.15, 0.2) is 21.9 Å². The number of hydrogen-bond acceptors (Lipinski definition) is 8. The van der Waals surface area contributed by atoms with Crippen molar-refractivity contribution in [2.24, 2.45) is 0 Å². The van der Waals surface area contributed by atoms with Crippen LogP contribution in [0.2, 0.25) is 0 Å². The van der Waals surface area contributed by atoms with E-state index in [1.165, 1.54) is 0 Å². The van der Waals surface area contributed by atoms with Crippen molar-refractivity contribution in [2.45, 2.75) is 0 Å². The van der Waals surface area contributed by atoms with Crippen LogP contribution in [0.1, 0.15) is 0 Å². The molecule has 0 amide bonds. The minimum absolute atomic E-state index is 0.291. The maximum absolute atomic E-state index is 14.2. The Labute approximate surface area is 235 Å². The van der Waals surface area contributed by atoms with Crippen molar-refractivity contribution in [3.8, 4) is 0 Å². The topological polar surface area (TPSA) is 108 Å². The fourth-order valence-electron chi connectivity index (χ4n) is 4.82. The van der Waals surface area contributed by atoms with Gasteiger partial charge in [0.25, 0.3) is 14.9 Å². The quantitative estimate of drug-likeness (QED) is 0.262. The molecule has 0 saturated carbocycles. The van der Waals surface area contributed by atoms with Crippen LogP contribution < -0.4 is 10.6 Å². The summed E-state index contributed by atoms with van der Waals surface area (Å²) in [6.07, 6.45) is 3.26. The number of hydrogen-bond donors (Lipinski definition) is 2. The van der Waals surface area contributed by atoms with Gasteiger partial charge in [0.05, 0.1) is 52.9 Å². The van der Waals surface area contributed by atoms with Gasteiger partial charge in [0, 0.05) is 77.8 Å². The van der Waals surface area contributed by atoms with E-state index < -0.39 is 14.9 Å². The lowest BCUT2D eigenvalue weighted by Crippen LogP contribution is -2.43. The van der Waals surface area contributed by atoms with E-state index in [9.17, 15) is 9.13 Å². The van der Waals surface area contributed by atoms with Crippen molar-refractivity contribution in [1.82, 2.24) is 29.3 Å². The molecule has 0 aromatic heterocycles. The summed E-state index contributed by atoms with van der Waals surface area (Å²) in [6.45, 7) is 9.76. The highest BCUT2D eigenvalue weighted by Crippen LogP contribution is 2.62. The van der Waals surface area contributed by atoms with E-state index in [-0.39, 0.29) is 0 Å². The molecule has 0 unspecified atom stereocenters. The highest BCUT2D eigenvalue weighted by atomic mass is 35.5. The third-order valence-electron chi connectivity index (χ3n) is 6.90. The Morgan fingerprint density at radius 3 is 1.03 bits per heavy atom. The Morgan fingerprint density at radius 2 is 0.789 bits per heavy atom. The average molecular weight is 617 g/mol. The molecule has 0 aromatic rings. The zero-order chi connectivity index (χ0) is 26.8. The van der Waals surface area contributed by atoms with Crippen molar-refractivity contribution in [3.63, 3.8) is 0 Å². The van der Waals surface area contributed by atoms with Gasteiger partial charge in [-0.05, 0) is 0 Å². The fourth-order valence-corrected chi connectivity index (χ4v) is 11.4. The van der Waals surface area contributed by atoms with E-state index >= 15 is 0 Å². The van der Waals surface area contributed by atoms with Gasteiger partial charge in [0.15, 0.2) is 0 Å². The zero-order valence-corrected chi connectivity index (χ0v) is 25.1. The van der Waals surface area contributed by atoms with E-state index in [2.05, 4.69) is 10.6 Å². The summed E-state index contributed by atoms with van der Waals surface area (Å²) in [6, 6.07) is 0. The fraction of sp³-hybridized carbons (Fsp3) is 0.818. The molecule has 0 atom stereocenters. The van der Waals surface area contributed by atoms with Crippen LogP contribution >= 0.6 is 38.1 Å². The van der Waals surface area contributed by atoms with Crippen LogP contribution in [0.3, 0.4) is 0 Å². The Kier molecular flexibility index (Phi) is 12.3. The molecule has 4 aliphatic rings. The third kappa shape index (κ3) is 7.35. The molecule has 4 rings (SSSR count). The number of nitrogens with one attached hydrogen (secondary N) is 2. The van der Waals surface area contributed by atoms with Gasteiger partial charge in [0.1, 0.15) is 9.55 Å². The highest BCUT2D eigenvalue weighted by molar-refractivity contribution is 7.66. The standard InChI is InChI=1S/C22H40Cl2N6O6P2/c23-21(37(31,27-3-11-33-12-4-27)28-5-13-34-14-6-28)19-25-1-2-26-20-22(24)38(32,29-7-15-35-16-8-29)30-9-17-36-18-10-30/h19-20,25-26H,1-18H2/b21-19-,22-20+. The van der Waals surface area contributed by atoms with Gasteiger partial charge in [-0.3, -0.25) is 9.13 Å². The molecular weight excluding hydrogens is 577 g/mol. The molecule has 38 heavy (non-hydrogen) atoms. The zero-order valence-electron chi connectivity index (χ0n) is 21.8. The second kappa shape index (κ2) is 15.1. The maximum Gasteiger partial charge on any atom is 0.258 e. The number of ether oxygens (including phenoxy) is 4. The molecule has 4 aliphatic heterocycles. The summed E-state index contributed by atoms with van der Waals surface area (Å²) in [7, 11) is -6.27. The molecule has 4 heterocycles. The van der Waals surface area contributed by atoms with Crippen LogP contribution in [0.25, 0.3) is 0 Å². The molecule has 0 aromatic carbocycles. The second-order valence-corrected chi connectivity index (χ2v) is 15.9. The normalized spacial score (nSPS) is 24.9. The molecule has 4 saturated heterocycles. The van der Waals surface area contributed by atoms with Gasteiger partial charge in [-0.2, -0.15) is 0 Å². The summed E-state index contributed by atoms with van der Waals surface area (Å²) >= 11 is 13.4. The first-order chi connectivity index (χ1) is 18.5. The number of halogens is 2. The first-order valence-electron chi connectivity index (χ1n) is 13.2. The summed E-state index contributed by atoms with van der Waals surface area (Å²) < 4.78 is 58.7. The van der Waals surface area contributed by atoms with Gasteiger partial charge >= 0.3 is 0 Å². The lowest BCUT2D eigenvalue weighted by Gasteiger charge is -2.41. The minimum atomic E-state index is -3.14. The third-order valence-corrected chi connectivity index (χ3v) is 14.5. The molecule has 0 aliphatic carbocycles. The summed E-state index contributed by atoms with van der Waals surface area (Å²) in [5.74, 6) is 0. The predicted octanol–water partition coefficient (Wildman–Crippen LogP) is 1.96. The van der Waals surface area contributed by atoms with E-state index in [4.69, 9.17) is 42.1 Å². The monoisotopic (exact) mass is 616 g/mol. The molecule has 4 fully saturated rings. The van der Waals surface area contributed by atoms with Crippen molar-refractivity contribution in [2.75, 3.05) is 118 Å². The van der Waals surface area contributed by atoms with Gasteiger partial charge in [0.2, 0.25) is 0 Å². The van der Waals surface area contributed by atoms with Gasteiger partial charge in [-0.15, -0.1) is 0 Å². The van der Waals surface area contributed by atoms with Crippen LogP contribution in [0, 0.1) is 0 Å². The van der Waals surface area contributed by atoms with Crippen LogP contribution in [0.4, 0.5) is 0 Å². The average Bonchev–Trinajstić information content (AvgIpc) is 2.99. The Balaban J connectivity index is 1.34. The molecule has 2 N–H and O–H groups in total. The van der Waals surface area contributed by atoms with Crippen molar-refractivity contribution < 1.29 is 28.1 Å². The van der Waals surface area contributed by atoms with Crippen LogP contribution in [-0.4, -0.2) is 137 Å². The summed E-state index contributed by atoms with van der Waals surface area (Å²) in [4.78, 5) is 0. The summed E-state index contributed by atoms with van der Waals surface area (Å²) in [5, 5.41) is 6.34. The Hall–Kier alpha value is -0.200. The molecule has 16 heteroatoms.